The van der Waals surface area contributed by atoms with Crippen molar-refractivity contribution in [3.05, 3.63) is 23.9 Å². The molecule has 1 aromatic heterocycles. The van der Waals surface area contributed by atoms with Crippen LogP contribution in [0.2, 0.25) is 0 Å². The zero-order chi connectivity index (χ0) is 13.4. The van der Waals surface area contributed by atoms with Crippen molar-refractivity contribution < 1.29 is 9.53 Å². The molecule has 19 heavy (non-hydrogen) atoms. The molecule has 0 aliphatic carbocycles. The van der Waals surface area contributed by atoms with Gasteiger partial charge < -0.3 is 15.4 Å². The van der Waals surface area contributed by atoms with Crippen molar-refractivity contribution in [2.75, 3.05) is 20.1 Å². The van der Waals surface area contributed by atoms with Crippen molar-refractivity contribution in [2.45, 2.75) is 12.5 Å². The van der Waals surface area contributed by atoms with Crippen LogP contribution in [0.15, 0.2) is 18.2 Å². The van der Waals surface area contributed by atoms with E-state index in [2.05, 4.69) is 16.3 Å². The Kier molecular flexibility index (Phi) is 3.12. The van der Waals surface area contributed by atoms with Crippen molar-refractivity contribution in [3.63, 3.8) is 0 Å². The number of nitrogens with zero attached hydrogens (tertiary/aromatic N) is 2. The Bertz CT molecular complexity index is 625. The van der Waals surface area contributed by atoms with Crippen LogP contribution in [-0.4, -0.2) is 41.4 Å². The van der Waals surface area contributed by atoms with E-state index in [1.54, 1.807) is 0 Å². The molecule has 2 aromatic rings. The molecule has 6 heteroatoms. The number of amides is 1. The number of rotatable bonds is 3. The topological polar surface area (TPSA) is 68.5 Å². The first-order valence-corrected chi connectivity index (χ1v) is 6.95. The number of hydrogen-bond acceptors (Lipinski definition) is 5. The van der Waals surface area contributed by atoms with Crippen LogP contribution in [0.5, 0.6) is 5.75 Å². The second-order valence-electron chi connectivity index (χ2n) is 4.84. The average molecular weight is 277 g/mol. The zero-order valence-corrected chi connectivity index (χ0v) is 11.4. The highest BCUT2D eigenvalue weighted by molar-refractivity contribution is 7.13. The number of ether oxygens (including phenoxy) is 1. The molecule has 1 aliphatic rings. The molecule has 1 fully saturated rings. The van der Waals surface area contributed by atoms with Gasteiger partial charge in [-0.05, 0) is 43.2 Å². The molecule has 5 nitrogen and oxygen atoms in total. The fourth-order valence-electron chi connectivity index (χ4n) is 2.35. The molecule has 0 radical (unpaired) electrons. The van der Waals surface area contributed by atoms with E-state index in [9.17, 15) is 4.79 Å². The number of hydrogen-bond donors (Lipinski definition) is 1. The van der Waals surface area contributed by atoms with Gasteiger partial charge in [-0.3, -0.25) is 4.79 Å². The highest BCUT2D eigenvalue weighted by Crippen LogP contribution is 2.28. The predicted octanol–water partition coefficient (Wildman–Crippen LogP) is 1.48. The van der Waals surface area contributed by atoms with E-state index in [-0.39, 0.29) is 6.10 Å². The van der Waals surface area contributed by atoms with Crippen LogP contribution in [0.3, 0.4) is 0 Å². The minimum Gasteiger partial charge on any atom is -0.489 e. The summed E-state index contributed by atoms with van der Waals surface area (Å²) in [5, 5.41) is 0.799. The van der Waals surface area contributed by atoms with E-state index in [4.69, 9.17) is 10.5 Å². The monoisotopic (exact) mass is 277 g/mol. The van der Waals surface area contributed by atoms with Crippen LogP contribution in [0, 0.1) is 0 Å². The maximum absolute atomic E-state index is 11.2. The van der Waals surface area contributed by atoms with Crippen LogP contribution in [0.1, 0.15) is 16.9 Å². The molecule has 2 N–H and O–H groups in total. The summed E-state index contributed by atoms with van der Waals surface area (Å²) in [4.78, 5) is 13.5. The molecule has 1 atom stereocenters. The van der Waals surface area contributed by atoms with Gasteiger partial charge in [-0.1, -0.05) is 0 Å². The van der Waals surface area contributed by atoms with Crippen molar-refractivity contribution in [2.24, 2.45) is 5.73 Å². The molecule has 3 rings (SSSR count). The summed E-state index contributed by atoms with van der Waals surface area (Å²) < 4.78 is 11.0. The highest BCUT2D eigenvalue weighted by Gasteiger charge is 2.21. The van der Waals surface area contributed by atoms with E-state index in [0.717, 1.165) is 35.3 Å². The molecule has 100 valence electrons. The molecule has 2 heterocycles. The Morgan fingerprint density at radius 3 is 3.11 bits per heavy atom. The largest absolute Gasteiger partial charge is 0.489 e. The van der Waals surface area contributed by atoms with Gasteiger partial charge in [0.25, 0.3) is 5.91 Å². The molecule has 1 amide bonds. The Labute approximate surface area is 115 Å². The van der Waals surface area contributed by atoms with E-state index >= 15 is 0 Å². The summed E-state index contributed by atoms with van der Waals surface area (Å²) in [5.74, 6) is 0.338. The highest BCUT2D eigenvalue weighted by atomic mass is 32.1. The number of primary amides is 1. The number of benzene rings is 1. The third-order valence-corrected chi connectivity index (χ3v) is 4.14. The van der Waals surface area contributed by atoms with Crippen molar-refractivity contribution >= 4 is 27.5 Å². The Hall–Kier alpha value is -1.66. The average Bonchev–Trinajstić information content (AvgIpc) is 2.95. The van der Waals surface area contributed by atoms with Crippen molar-refractivity contribution in [3.8, 4) is 5.75 Å². The minimum absolute atomic E-state index is 0.242. The van der Waals surface area contributed by atoms with Crippen LogP contribution in [0.4, 0.5) is 0 Å². The SMILES string of the molecule is CN1CCC(Oc2ccc3c(C(N)=O)nsc3c2)C1. The molecule has 0 spiro atoms. The Morgan fingerprint density at radius 1 is 1.58 bits per heavy atom. The summed E-state index contributed by atoms with van der Waals surface area (Å²) in [5.41, 5.74) is 5.62. The van der Waals surface area contributed by atoms with Crippen LogP contribution in [-0.2, 0) is 0 Å². The molecular weight excluding hydrogens is 262 g/mol. The lowest BCUT2D eigenvalue weighted by atomic mass is 10.2. The molecule has 1 aromatic carbocycles. The van der Waals surface area contributed by atoms with Gasteiger partial charge >= 0.3 is 0 Å². The fourth-order valence-corrected chi connectivity index (χ4v) is 3.16. The summed E-state index contributed by atoms with van der Waals surface area (Å²) in [7, 11) is 2.09. The molecule has 0 saturated carbocycles. The first kappa shape index (κ1) is 12.4. The first-order chi connectivity index (χ1) is 9.13. The number of aromatic nitrogens is 1. The van der Waals surface area contributed by atoms with E-state index in [0.29, 0.717) is 5.69 Å². The lowest BCUT2D eigenvalue weighted by molar-refractivity contribution is 0.0998. The van der Waals surface area contributed by atoms with E-state index < -0.39 is 5.91 Å². The standard InChI is InChI=1S/C13H15N3O2S/c1-16-5-4-9(7-16)18-8-2-3-10-11(6-8)19-15-12(10)13(14)17/h2-3,6,9H,4-5,7H2,1H3,(H2,14,17). The minimum atomic E-state index is -0.489. The van der Waals surface area contributed by atoms with Crippen molar-refractivity contribution in [1.82, 2.24) is 9.27 Å². The quantitative estimate of drug-likeness (QED) is 0.922. The van der Waals surface area contributed by atoms with Gasteiger partial charge in [-0.2, -0.15) is 4.37 Å². The second-order valence-corrected chi connectivity index (χ2v) is 5.65. The number of likely N-dealkylation sites (tertiary alicyclic amines) is 1. The lowest BCUT2D eigenvalue weighted by Gasteiger charge is -2.13. The van der Waals surface area contributed by atoms with Crippen LogP contribution in [0.25, 0.3) is 10.1 Å². The van der Waals surface area contributed by atoms with E-state index in [1.807, 2.05) is 18.2 Å². The van der Waals surface area contributed by atoms with Gasteiger partial charge in [0, 0.05) is 18.5 Å². The summed E-state index contributed by atoms with van der Waals surface area (Å²) >= 11 is 1.27. The van der Waals surface area contributed by atoms with Crippen molar-refractivity contribution in [1.29, 1.82) is 0 Å². The van der Waals surface area contributed by atoms with Crippen LogP contribution < -0.4 is 10.5 Å². The number of likely N-dealkylation sites (N-methyl/N-ethyl adjacent to an activating group) is 1. The fraction of sp³-hybridized carbons (Fsp3) is 0.385. The Morgan fingerprint density at radius 2 is 2.42 bits per heavy atom. The number of nitrogens with two attached hydrogens (primary N) is 1. The zero-order valence-electron chi connectivity index (χ0n) is 10.6. The number of carbonyl (C=O) groups excluding carboxylic acids is 1. The van der Waals surface area contributed by atoms with Crippen LogP contribution >= 0.6 is 11.5 Å². The van der Waals surface area contributed by atoms with Gasteiger partial charge in [-0.25, -0.2) is 0 Å². The lowest BCUT2D eigenvalue weighted by Crippen LogP contribution is -2.21. The molecular formula is C13H15N3O2S. The number of fused-ring (bicyclic) bond motifs is 1. The molecule has 1 unspecified atom stereocenters. The summed E-state index contributed by atoms with van der Waals surface area (Å²) in [6, 6.07) is 5.66. The molecule has 1 saturated heterocycles. The second kappa shape index (κ2) is 4.79. The molecule has 1 aliphatic heterocycles. The normalized spacial score (nSPS) is 19.9. The number of carbonyl (C=O) groups is 1. The first-order valence-electron chi connectivity index (χ1n) is 6.18. The van der Waals surface area contributed by atoms with Gasteiger partial charge in [-0.15, -0.1) is 0 Å². The van der Waals surface area contributed by atoms with E-state index in [1.165, 1.54) is 11.5 Å². The third kappa shape index (κ3) is 2.41. The summed E-state index contributed by atoms with van der Waals surface area (Å²) in [6.45, 7) is 2.02. The summed E-state index contributed by atoms with van der Waals surface area (Å²) in [6.07, 6.45) is 1.29. The smallest absolute Gasteiger partial charge is 0.269 e. The van der Waals surface area contributed by atoms with Gasteiger partial charge in [0.1, 0.15) is 17.5 Å². The van der Waals surface area contributed by atoms with Gasteiger partial charge in [0.2, 0.25) is 0 Å². The molecule has 0 bridgehead atoms. The maximum atomic E-state index is 11.2. The van der Waals surface area contributed by atoms with Gasteiger partial charge in [0.15, 0.2) is 0 Å². The third-order valence-electron chi connectivity index (χ3n) is 3.33. The predicted molar refractivity (Wildman–Crippen MR) is 74.7 cm³/mol. The maximum Gasteiger partial charge on any atom is 0.269 e. The van der Waals surface area contributed by atoms with Gasteiger partial charge in [0.05, 0.1) is 4.70 Å². The Balaban J connectivity index is 1.84.